The summed E-state index contributed by atoms with van der Waals surface area (Å²) in [7, 11) is 0. The van der Waals surface area contributed by atoms with Crippen molar-refractivity contribution in [2.45, 2.75) is 20.3 Å². The number of carbonyl (C=O) groups excluding carboxylic acids is 1. The van der Waals surface area contributed by atoms with Crippen molar-refractivity contribution in [1.82, 2.24) is 19.5 Å². The van der Waals surface area contributed by atoms with Gasteiger partial charge in [0, 0.05) is 25.3 Å². The summed E-state index contributed by atoms with van der Waals surface area (Å²) in [4.78, 5) is 36.0. The molecule has 0 unspecified atom stereocenters. The molecule has 1 N–H and O–H groups in total. The van der Waals surface area contributed by atoms with E-state index in [1.54, 1.807) is 20.0 Å². The van der Waals surface area contributed by atoms with Gasteiger partial charge in [0.15, 0.2) is 0 Å². The Morgan fingerprint density at radius 3 is 2.66 bits per heavy atom. The lowest BCUT2D eigenvalue weighted by molar-refractivity contribution is -0.384. The van der Waals surface area contributed by atoms with Crippen LogP contribution in [0.1, 0.15) is 30.0 Å². The van der Waals surface area contributed by atoms with Gasteiger partial charge in [-0.15, -0.1) is 0 Å². The normalized spacial score (nSPS) is 10.9. The first kappa shape index (κ1) is 20.1. The zero-order valence-electron chi connectivity index (χ0n) is 15.9. The Balaban J connectivity index is 2.20. The minimum absolute atomic E-state index is 0.0478. The topological polar surface area (TPSA) is 142 Å². The number of aliphatic hydroxyl groups excluding tert-OH is 1. The Morgan fingerprint density at radius 1 is 1.24 bits per heavy atom. The van der Waals surface area contributed by atoms with Gasteiger partial charge in [-0.1, -0.05) is 0 Å². The molecule has 11 heteroatoms. The second-order valence-electron chi connectivity index (χ2n) is 5.86. The molecule has 0 aliphatic rings. The fraction of sp³-hybridized carbons (Fsp3) is 0.333. The predicted molar refractivity (Wildman–Crippen MR) is 101 cm³/mol. The Bertz CT molecular complexity index is 1060. The molecule has 11 nitrogen and oxygen atoms in total. The van der Waals surface area contributed by atoms with Crippen molar-refractivity contribution in [2.24, 2.45) is 0 Å². The van der Waals surface area contributed by atoms with E-state index in [9.17, 15) is 14.9 Å². The lowest BCUT2D eigenvalue weighted by Crippen LogP contribution is -2.12. The highest BCUT2D eigenvalue weighted by Gasteiger charge is 2.23. The number of esters is 1. The van der Waals surface area contributed by atoms with Crippen LogP contribution in [0.4, 0.5) is 5.69 Å². The van der Waals surface area contributed by atoms with Crippen molar-refractivity contribution >= 4 is 22.7 Å². The summed E-state index contributed by atoms with van der Waals surface area (Å²) >= 11 is 0. The van der Waals surface area contributed by atoms with Gasteiger partial charge in [-0.25, -0.2) is 19.7 Å². The third-order valence-corrected chi connectivity index (χ3v) is 3.96. The second-order valence-corrected chi connectivity index (χ2v) is 5.86. The first-order chi connectivity index (χ1) is 14.0. The molecule has 2 heterocycles. The predicted octanol–water partition coefficient (Wildman–Crippen LogP) is 1.83. The summed E-state index contributed by atoms with van der Waals surface area (Å²) in [6.07, 6.45) is 3.31. The molecule has 3 aromatic rings. The van der Waals surface area contributed by atoms with Crippen LogP contribution in [0.3, 0.4) is 0 Å². The maximum atomic E-state index is 12.2. The largest absolute Gasteiger partial charge is 0.476 e. The number of nitro benzene ring substituents is 1. The maximum absolute atomic E-state index is 12.2. The summed E-state index contributed by atoms with van der Waals surface area (Å²) in [6.45, 7) is 3.67. The highest BCUT2D eigenvalue weighted by molar-refractivity contribution is 5.93. The highest BCUT2D eigenvalue weighted by atomic mass is 16.6. The molecule has 0 aliphatic carbocycles. The molecule has 0 radical (unpaired) electrons. The molecular formula is C18H19N5O6. The number of rotatable bonds is 8. The van der Waals surface area contributed by atoms with Crippen LogP contribution in [0.25, 0.3) is 16.7 Å². The van der Waals surface area contributed by atoms with Crippen molar-refractivity contribution < 1.29 is 24.3 Å². The number of nitro groups is 1. The van der Waals surface area contributed by atoms with E-state index in [1.807, 2.05) is 0 Å². The van der Waals surface area contributed by atoms with Gasteiger partial charge >= 0.3 is 5.97 Å². The average Bonchev–Trinajstić information content (AvgIpc) is 3.15. The minimum Gasteiger partial charge on any atom is -0.476 e. The molecule has 2 aromatic heterocycles. The van der Waals surface area contributed by atoms with E-state index in [1.165, 1.54) is 23.0 Å². The van der Waals surface area contributed by atoms with Crippen LogP contribution in [0.5, 0.6) is 5.88 Å². The van der Waals surface area contributed by atoms with Gasteiger partial charge in [-0.3, -0.25) is 14.7 Å². The highest BCUT2D eigenvalue weighted by Crippen LogP contribution is 2.30. The number of aromatic nitrogens is 4. The summed E-state index contributed by atoms with van der Waals surface area (Å²) in [5.41, 5.74) is 0.917. The second kappa shape index (κ2) is 8.61. The number of hydrogen-bond acceptors (Lipinski definition) is 9. The third kappa shape index (κ3) is 4.14. The monoisotopic (exact) mass is 401 g/mol. The molecule has 152 valence electrons. The number of fused-ring (bicyclic) bond motifs is 1. The molecular weight excluding hydrogens is 382 g/mol. The quantitative estimate of drug-likeness (QED) is 0.340. The number of aliphatic hydroxyl groups is 1. The van der Waals surface area contributed by atoms with Gasteiger partial charge in [0.1, 0.15) is 5.69 Å². The average molecular weight is 401 g/mol. The van der Waals surface area contributed by atoms with Crippen LogP contribution in [0.2, 0.25) is 0 Å². The fourth-order valence-electron chi connectivity index (χ4n) is 2.73. The maximum Gasteiger partial charge on any atom is 0.362 e. The van der Waals surface area contributed by atoms with Crippen LogP contribution in [-0.2, 0) is 11.2 Å². The first-order valence-corrected chi connectivity index (χ1v) is 8.92. The van der Waals surface area contributed by atoms with Crippen LogP contribution in [-0.4, -0.2) is 55.3 Å². The third-order valence-electron chi connectivity index (χ3n) is 3.96. The Labute approximate surface area is 165 Å². The van der Waals surface area contributed by atoms with Gasteiger partial charge in [-0.05, 0) is 19.9 Å². The van der Waals surface area contributed by atoms with E-state index in [4.69, 9.17) is 14.6 Å². The summed E-state index contributed by atoms with van der Waals surface area (Å²) in [6, 6.07) is 2.71. The van der Waals surface area contributed by atoms with Crippen molar-refractivity contribution in [2.75, 3.05) is 19.8 Å². The Hall–Kier alpha value is -3.60. The van der Waals surface area contributed by atoms with Crippen molar-refractivity contribution in [3.8, 4) is 11.6 Å². The van der Waals surface area contributed by atoms with Crippen LogP contribution >= 0.6 is 0 Å². The standard InChI is InChI=1S/C18H19N5O6/c1-3-28-17-16(18(25)29-4-2)20-12-7-14(15(23(26)27)8-13(12)21-17)22-9-11(5-6-24)19-10-22/h7-10,24H,3-6H2,1-2H3. The summed E-state index contributed by atoms with van der Waals surface area (Å²) in [5, 5.41) is 20.7. The number of imidazole rings is 1. The van der Waals surface area contributed by atoms with Crippen molar-refractivity contribution in [1.29, 1.82) is 0 Å². The van der Waals surface area contributed by atoms with E-state index in [2.05, 4.69) is 15.0 Å². The number of carbonyl (C=O) groups is 1. The van der Waals surface area contributed by atoms with Crippen LogP contribution in [0.15, 0.2) is 24.7 Å². The summed E-state index contributed by atoms with van der Waals surface area (Å²) < 4.78 is 11.8. The molecule has 0 aliphatic heterocycles. The summed E-state index contributed by atoms with van der Waals surface area (Å²) in [5.74, 6) is -0.744. The zero-order valence-corrected chi connectivity index (χ0v) is 15.9. The molecule has 0 fully saturated rings. The molecule has 1 aromatic carbocycles. The van der Waals surface area contributed by atoms with E-state index >= 15 is 0 Å². The van der Waals surface area contributed by atoms with Gasteiger partial charge in [-0.2, -0.15) is 0 Å². The lowest BCUT2D eigenvalue weighted by atomic mass is 10.2. The zero-order chi connectivity index (χ0) is 21.0. The lowest BCUT2D eigenvalue weighted by Gasteiger charge is -2.10. The Kier molecular flexibility index (Phi) is 5.98. The molecule has 0 saturated carbocycles. The molecule has 0 atom stereocenters. The van der Waals surface area contributed by atoms with Crippen LogP contribution in [0, 0.1) is 10.1 Å². The SMILES string of the molecule is CCOC(=O)c1nc2cc(-n3cnc(CCO)c3)c([N+](=O)[O-])cc2nc1OCC. The molecule has 0 saturated heterocycles. The Morgan fingerprint density at radius 2 is 2.00 bits per heavy atom. The van der Waals surface area contributed by atoms with Gasteiger partial charge in [0.2, 0.25) is 11.6 Å². The number of benzene rings is 1. The number of hydrogen-bond donors (Lipinski definition) is 1. The number of nitrogens with zero attached hydrogens (tertiary/aromatic N) is 5. The smallest absolute Gasteiger partial charge is 0.362 e. The molecule has 0 spiro atoms. The van der Waals surface area contributed by atoms with Crippen LogP contribution < -0.4 is 4.74 Å². The first-order valence-electron chi connectivity index (χ1n) is 8.92. The van der Waals surface area contributed by atoms with Crippen molar-refractivity contribution in [3.63, 3.8) is 0 Å². The van der Waals surface area contributed by atoms with Gasteiger partial charge in [0.25, 0.3) is 5.69 Å². The molecule has 3 rings (SSSR count). The van der Waals surface area contributed by atoms with Crippen molar-refractivity contribution in [3.05, 3.63) is 46.2 Å². The molecule has 0 bridgehead atoms. The van der Waals surface area contributed by atoms with E-state index in [-0.39, 0.29) is 53.8 Å². The fourth-order valence-corrected chi connectivity index (χ4v) is 2.73. The van der Waals surface area contributed by atoms with E-state index < -0.39 is 10.9 Å². The van der Waals surface area contributed by atoms with E-state index in [0.717, 1.165) is 0 Å². The number of ether oxygens (including phenoxy) is 2. The molecule has 0 amide bonds. The van der Waals surface area contributed by atoms with E-state index in [0.29, 0.717) is 12.1 Å². The molecule has 29 heavy (non-hydrogen) atoms. The minimum atomic E-state index is -0.696. The van der Waals surface area contributed by atoms with Gasteiger partial charge < -0.3 is 14.6 Å². The van der Waals surface area contributed by atoms with Gasteiger partial charge in [0.05, 0.1) is 41.2 Å².